The van der Waals surface area contributed by atoms with Crippen molar-refractivity contribution >= 4 is 41.2 Å². The molecule has 8 nitrogen and oxygen atoms in total. The van der Waals surface area contributed by atoms with Gasteiger partial charge in [-0.15, -0.1) is 0 Å². The number of carbonyl (C=O) groups excluding carboxylic acids is 4. The Morgan fingerprint density at radius 1 is 1.06 bits per heavy atom. The van der Waals surface area contributed by atoms with Crippen molar-refractivity contribution in [1.82, 2.24) is 0 Å². The first-order valence-corrected chi connectivity index (χ1v) is 10.3. The summed E-state index contributed by atoms with van der Waals surface area (Å²) in [5, 5.41) is -0.666. The number of benzene rings is 2. The molecule has 1 fully saturated rings. The molecule has 5 rings (SSSR count). The molecule has 9 heteroatoms. The van der Waals surface area contributed by atoms with Gasteiger partial charge in [0, 0.05) is 11.5 Å². The molecule has 0 aliphatic carbocycles. The lowest BCUT2D eigenvalue weighted by Gasteiger charge is -2.36. The maximum Gasteiger partial charge on any atom is 0.342 e. The van der Waals surface area contributed by atoms with E-state index in [1.54, 1.807) is 36.4 Å². The number of para-hydroxylation sites is 2. The van der Waals surface area contributed by atoms with Crippen LogP contribution in [0.5, 0.6) is 5.75 Å². The van der Waals surface area contributed by atoms with Crippen LogP contribution >= 0.6 is 11.8 Å². The summed E-state index contributed by atoms with van der Waals surface area (Å²) in [5.74, 6) is -3.51. The summed E-state index contributed by atoms with van der Waals surface area (Å²) in [6.45, 7) is 0. The summed E-state index contributed by atoms with van der Waals surface area (Å²) >= 11 is 0.980. The van der Waals surface area contributed by atoms with Crippen LogP contribution in [0.1, 0.15) is 21.8 Å². The third-order valence-electron chi connectivity index (χ3n) is 5.71. The third-order valence-corrected chi connectivity index (χ3v) is 6.93. The highest BCUT2D eigenvalue weighted by Gasteiger charge is 2.59. The van der Waals surface area contributed by atoms with E-state index in [4.69, 9.17) is 15.2 Å². The maximum absolute atomic E-state index is 13.6. The average molecular weight is 436 g/mol. The number of hydrogen-bond donors (Lipinski definition) is 1. The molecule has 0 spiro atoms. The van der Waals surface area contributed by atoms with Crippen molar-refractivity contribution in [2.24, 2.45) is 11.7 Å². The number of imide groups is 1. The molecule has 156 valence electrons. The van der Waals surface area contributed by atoms with Gasteiger partial charge in [-0.1, -0.05) is 42.1 Å². The van der Waals surface area contributed by atoms with E-state index in [0.29, 0.717) is 11.3 Å². The Morgan fingerprint density at radius 2 is 1.77 bits per heavy atom. The SMILES string of the molecule is COC(=O)c1ccccc1N1C(=O)[C@@H]2[C@H](SC(N)=C3C(=O)Oc4ccccc4[C@H]32)C1=O. The highest BCUT2D eigenvalue weighted by Crippen LogP contribution is 2.54. The number of hydrogen-bond acceptors (Lipinski definition) is 8. The predicted octanol–water partition coefficient (Wildman–Crippen LogP) is 1.95. The van der Waals surface area contributed by atoms with E-state index < -0.39 is 40.8 Å². The molecule has 3 heterocycles. The fourth-order valence-electron chi connectivity index (χ4n) is 4.39. The monoisotopic (exact) mass is 436 g/mol. The first-order chi connectivity index (χ1) is 14.9. The number of esters is 2. The zero-order valence-corrected chi connectivity index (χ0v) is 17.0. The van der Waals surface area contributed by atoms with E-state index in [9.17, 15) is 19.2 Å². The van der Waals surface area contributed by atoms with Crippen molar-refractivity contribution in [2.75, 3.05) is 12.0 Å². The Balaban J connectivity index is 1.66. The fraction of sp³-hybridized carbons (Fsp3) is 0.182. The smallest absolute Gasteiger partial charge is 0.342 e. The lowest BCUT2D eigenvalue weighted by atomic mass is 9.77. The van der Waals surface area contributed by atoms with Gasteiger partial charge < -0.3 is 15.2 Å². The minimum absolute atomic E-state index is 0.0972. The van der Waals surface area contributed by atoms with Crippen molar-refractivity contribution < 1.29 is 28.7 Å². The van der Waals surface area contributed by atoms with Crippen LogP contribution < -0.4 is 15.4 Å². The van der Waals surface area contributed by atoms with Gasteiger partial charge in [0.15, 0.2) is 0 Å². The summed E-state index contributed by atoms with van der Waals surface area (Å²) in [7, 11) is 1.23. The first kappa shape index (κ1) is 19.4. The van der Waals surface area contributed by atoms with Gasteiger partial charge in [-0.2, -0.15) is 0 Å². The second kappa shape index (κ2) is 6.98. The molecular weight excluding hydrogens is 420 g/mol. The van der Waals surface area contributed by atoms with Gasteiger partial charge in [0.05, 0.1) is 34.9 Å². The molecule has 0 radical (unpaired) electrons. The average Bonchev–Trinajstić information content (AvgIpc) is 3.02. The predicted molar refractivity (Wildman–Crippen MR) is 111 cm³/mol. The summed E-state index contributed by atoms with van der Waals surface area (Å²) in [4.78, 5) is 52.9. The van der Waals surface area contributed by atoms with Gasteiger partial charge in [-0.05, 0) is 18.2 Å². The number of amides is 2. The lowest BCUT2D eigenvalue weighted by Crippen LogP contribution is -2.39. The topological polar surface area (TPSA) is 116 Å². The standard InChI is InChI=1S/C22H16N2O6S/c1-29-21(27)10-6-2-4-8-12(10)24-19(25)15-14-11-7-3-5-9-13(11)30-22(28)16(14)18(23)31-17(15)20(24)26/h2-9,14-15,17H,23H2,1H3/t14-,15-,17-/m0/s1. The van der Waals surface area contributed by atoms with Crippen LogP contribution in [-0.2, 0) is 19.1 Å². The molecule has 2 amide bonds. The van der Waals surface area contributed by atoms with Crippen molar-refractivity contribution in [3.8, 4) is 5.75 Å². The van der Waals surface area contributed by atoms with Crippen LogP contribution in [0.3, 0.4) is 0 Å². The number of ether oxygens (including phenoxy) is 2. The van der Waals surface area contributed by atoms with E-state index >= 15 is 0 Å². The number of methoxy groups -OCH3 is 1. The Hall–Kier alpha value is -3.59. The van der Waals surface area contributed by atoms with E-state index in [-0.39, 0.29) is 21.9 Å². The Morgan fingerprint density at radius 3 is 2.55 bits per heavy atom. The Labute approximate surface area is 181 Å². The summed E-state index contributed by atoms with van der Waals surface area (Å²) in [5.41, 5.74) is 7.23. The molecule has 0 aromatic heterocycles. The molecule has 31 heavy (non-hydrogen) atoms. The number of carbonyl (C=O) groups is 4. The van der Waals surface area contributed by atoms with Crippen LogP contribution in [0.4, 0.5) is 5.69 Å². The molecular formula is C22H16N2O6S. The second-order valence-electron chi connectivity index (χ2n) is 7.27. The molecule has 2 N–H and O–H groups in total. The van der Waals surface area contributed by atoms with Crippen molar-refractivity contribution in [3.05, 3.63) is 70.3 Å². The molecule has 0 unspecified atom stereocenters. The number of thioether (sulfide) groups is 1. The highest BCUT2D eigenvalue weighted by atomic mass is 32.2. The molecule has 2 aromatic rings. The number of nitrogens with two attached hydrogens (primary N) is 1. The van der Waals surface area contributed by atoms with Crippen LogP contribution in [-0.4, -0.2) is 36.1 Å². The van der Waals surface area contributed by atoms with Gasteiger partial charge in [0.2, 0.25) is 11.8 Å². The van der Waals surface area contributed by atoms with Crippen LogP contribution in [0, 0.1) is 5.92 Å². The highest BCUT2D eigenvalue weighted by molar-refractivity contribution is 8.04. The van der Waals surface area contributed by atoms with Crippen LogP contribution in [0.15, 0.2) is 59.1 Å². The Kier molecular flexibility index (Phi) is 4.37. The molecule has 2 aromatic carbocycles. The summed E-state index contributed by atoms with van der Waals surface area (Å²) in [6, 6.07) is 13.1. The van der Waals surface area contributed by atoms with E-state index in [1.165, 1.54) is 19.2 Å². The minimum atomic E-state index is -0.862. The molecule has 3 atom stereocenters. The fourth-order valence-corrected chi connectivity index (χ4v) is 5.63. The van der Waals surface area contributed by atoms with Gasteiger partial charge in [-0.25, -0.2) is 14.5 Å². The van der Waals surface area contributed by atoms with Gasteiger partial charge in [0.25, 0.3) is 0 Å². The van der Waals surface area contributed by atoms with Crippen LogP contribution in [0.2, 0.25) is 0 Å². The molecule has 1 saturated heterocycles. The van der Waals surface area contributed by atoms with Gasteiger partial charge in [0.1, 0.15) is 11.0 Å². The third kappa shape index (κ3) is 2.70. The quantitative estimate of drug-likeness (QED) is 0.431. The number of nitrogens with zero attached hydrogens (tertiary/aromatic N) is 1. The first-order valence-electron chi connectivity index (χ1n) is 9.46. The molecule has 3 aliphatic heterocycles. The van der Waals surface area contributed by atoms with E-state index in [2.05, 4.69) is 0 Å². The zero-order chi connectivity index (χ0) is 21.9. The van der Waals surface area contributed by atoms with Gasteiger partial charge >= 0.3 is 11.9 Å². The normalized spacial score (nSPS) is 24.4. The maximum atomic E-state index is 13.6. The van der Waals surface area contributed by atoms with Gasteiger partial charge in [-0.3, -0.25) is 9.59 Å². The van der Waals surface area contributed by atoms with E-state index in [1.807, 2.05) is 0 Å². The van der Waals surface area contributed by atoms with Crippen molar-refractivity contribution in [3.63, 3.8) is 0 Å². The molecule has 0 bridgehead atoms. The summed E-state index contributed by atoms with van der Waals surface area (Å²) in [6.07, 6.45) is 0. The number of fused-ring (bicyclic) bond motifs is 5. The minimum Gasteiger partial charge on any atom is -0.465 e. The summed E-state index contributed by atoms with van der Waals surface area (Å²) < 4.78 is 10.2. The van der Waals surface area contributed by atoms with Crippen molar-refractivity contribution in [2.45, 2.75) is 11.2 Å². The lowest BCUT2D eigenvalue weighted by molar-refractivity contribution is -0.131. The van der Waals surface area contributed by atoms with Crippen LogP contribution in [0.25, 0.3) is 0 Å². The Bertz CT molecular complexity index is 1210. The van der Waals surface area contributed by atoms with Crippen molar-refractivity contribution in [1.29, 1.82) is 0 Å². The molecule has 0 saturated carbocycles. The number of rotatable bonds is 2. The molecule has 3 aliphatic rings. The number of anilines is 1. The largest absolute Gasteiger partial charge is 0.465 e. The second-order valence-corrected chi connectivity index (χ2v) is 8.45. The van der Waals surface area contributed by atoms with E-state index in [0.717, 1.165) is 16.7 Å². The zero-order valence-electron chi connectivity index (χ0n) is 16.2.